The molecule has 0 saturated heterocycles. The van der Waals surface area contributed by atoms with Gasteiger partial charge in [-0.3, -0.25) is 14.6 Å². The molecule has 0 aliphatic carbocycles. The Kier molecular flexibility index (Phi) is 9.05. The standard InChI is InChI=1S/C33H31NO10S/c1-17-13-20(8-9-22(17)18(2)31-32(36)34-33(37)45-31)42-11-12-43-30-28(35)27-25(41-6)15-21(38-3)16-26(27)44-29(30)19-7-10-23(39-4)24(14-19)40-5/h7-10,13-16,36H,2,11-12H2,1,3-6H3,(H,34,37). The Morgan fingerprint density at radius 3 is 2.24 bits per heavy atom. The quantitative estimate of drug-likeness (QED) is 0.163. The molecule has 3 aromatic carbocycles. The Morgan fingerprint density at radius 2 is 1.60 bits per heavy atom. The van der Waals surface area contributed by atoms with E-state index in [1.165, 1.54) is 28.4 Å². The summed E-state index contributed by atoms with van der Waals surface area (Å²) in [6, 6.07) is 13.7. The second-order valence-electron chi connectivity index (χ2n) is 9.71. The normalized spacial score (nSPS) is 10.9. The van der Waals surface area contributed by atoms with Crippen molar-refractivity contribution in [2.45, 2.75) is 6.92 Å². The third-order valence-electron chi connectivity index (χ3n) is 7.02. The third kappa shape index (κ3) is 6.18. The summed E-state index contributed by atoms with van der Waals surface area (Å²) >= 11 is 0.885. The molecule has 2 aromatic heterocycles. The van der Waals surface area contributed by atoms with Gasteiger partial charge in [-0.05, 0) is 54.0 Å². The van der Waals surface area contributed by atoms with Gasteiger partial charge in [-0.25, -0.2) is 0 Å². The van der Waals surface area contributed by atoms with Gasteiger partial charge < -0.3 is 37.9 Å². The van der Waals surface area contributed by atoms with Gasteiger partial charge in [0.1, 0.15) is 41.4 Å². The number of aromatic nitrogens is 1. The SMILES string of the molecule is C=C(c1ccc(OCCOc2c(-c3ccc(OC)c(OC)c3)oc3cc(OC)cc(OC)c3c2=O)cc1C)c1sc(=O)[nH]c1O. The van der Waals surface area contributed by atoms with Crippen LogP contribution in [0.2, 0.25) is 0 Å². The first-order valence-electron chi connectivity index (χ1n) is 13.6. The van der Waals surface area contributed by atoms with Crippen molar-refractivity contribution in [3.63, 3.8) is 0 Å². The number of hydrogen-bond acceptors (Lipinski definition) is 11. The summed E-state index contributed by atoms with van der Waals surface area (Å²) in [6.45, 7) is 6.01. The number of aryl methyl sites for hydroxylation is 1. The zero-order chi connectivity index (χ0) is 32.2. The number of benzene rings is 3. The molecule has 0 aliphatic heterocycles. The van der Waals surface area contributed by atoms with E-state index < -0.39 is 5.43 Å². The molecule has 0 bridgehead atoms. The monoisotopic (exact) mass is 633 g/mol. The summed E-state index contributed by atoms with van der Waals surface area (Å²) in [5.74, 6) is 2.16. The molecule has 2 heterocycles. The van der Waals surface area contributed by atoms with Gasteiger partial charge in [0.15, 0.2) is 17.3 Å². The van der Waals surface area contributed by atoms with Crippen molar-refractivity contribution in [2.24, 2.45) is 0 Å². The molecule has 11 nitrogen and oxygen atoms in total. The van der Waals surface area contributed by atoms with Gasteiger partial charge in [-0.2, -0.15) is 0 Å². The molecular formula is C33H31NO10S. The van der Waals surface area contributed by atoms with Crippen LogP contribution in [0.1, 0.15) is 16.0 Å². The van der Waals surface area contributed by atoms with E-state index in [-0.39, 0.29) is 52.2 Å². The summed E-state index contributed by atoms with van der Waals surface area (Å²) in [4.78, 5) is 27.9. The molecule has 0 saturated carbocycles. The highest BCUT2D eigenvalue weighted by molar-refractivity contribution is 7.10. The summed E-state index contributed by atoms with van der Waals surface area (Å²) < 4.78 is 39.9. The summed E-state index contributed by atoms with van der Waals surface area (Å²) in [6.07, 6.45) is 0. The van der Waals surface area contributed by atoms with E-state index in [2.05, 4.69) is 11.6 Å². The van der Waals surface area contributed by atoms with Crippen LogP contribution in [0.25, 0.3) is 27.9 Å². The van der Waals surface area contributed by atoms with Gasteiger partial charge in [-0.1, -0.05) is 24.0 Å². The Balaban J connectivity index is 1.43. The number of ether oxygens (including phenoxy) is 6. The van der Waals surface area contributed by atoms with E-state index in [9.17, 15) is 14.7 Å². The summed E-state index contributed by atoms with van der Waals surface area (Å²) in [7, 11) is 6.01. The Morgan fingerprint density at radius 1 is 0.867 bits per heavy atom. The average Bonchev–Trinajstić information content (AvgIpc) is 3.39. The predicted molar refractivity (Wildman–Crippen MR) is 171 cm³/mol. The lowest BCUT2D eigenvalue weighted by Crippen LogP contribution is -2.16. The van der Waals surface area contributed by atoms with Gasteiger partial charge >= 0.3 is 4.87 Å². The lowest BCUT2D eigenvalue weighted by atomic mass is 10.0. The molecule has 0 amide bonds. The fourth-order valence-electron chi connectivity index (χ4n) is 4.84. The van der Waals surface area contributed by atoms with E-state index in [1.54, 1.807) is 42.5 Å². The topological polar surface area (TPSA) is 139 Å². The Bertz CT molecular complexity index is 2010. The zero-order valence-corrected chi connectivity index (χ0v) is 26.1. The van der Waals surface area contributed by atoms with Crippen molar-refractivity contribution in [1.29, 1.82) is 0 Å². The summed E-state index contributed by atoms with van der Waals surface area (Å²) in [5.41, 5.74) is 2.43. The van der Waals surface area contributed by atoms with Crippen LogP contribution >= 0.6 is 11.3 Å². The number of aromatic hydroxyl groups is 1. The highest BCUT2D eigenvalue weighted by Gasteiger charge is 2.23. The molecule has 5 rings (SSSR count). The van der Waals surface area contributed by atoms with Crippen molar-refractivity contribution >= 4 is 27.9 Å². The van der Waals surface area contributed by atoms with Gasteiger partial charge in [0.25, 0.3) is 0 Å². The molecule has 0 radical (unpaired) electrons. The minimum atomic E-state index is -0.436. The fourth-order valence-corrected chi connectivity index (χ4v) is 5.55. The van der Waals surface area contributed by atoms with Crippen LogP contribution < -0.4 is 38.7 Å². The number of hydrogen-bond donors (Lipinski definition) is 2. The lowest BCUT2D eigenvalue weighted by Gasteiger charge is -2.16. The maximum absolute atomic E-state index is 13.9. The molecule has 12 heteroatoms. The highest BCUT2D eigenvalue weighted by atomic mass is 32.1. The Hall–Kier alpha value is -5.36. The maximum atomic E-state index is 13.9. The van der Waals surface area contributed by atoms with E-state index in [0.717, 1.165) is 22.5 Å². The van der Waals surface area contributed by atoms with Crippen molar-refractivity contribution in [1.82, 2.24) is 4.98 Å². The van der Waals surface area contributed by atoms with Crippen molar-refractivity contribution in [2.75, 3.05) is 41.7 Å². The molecule has 0 aliphatic rings. The number of fused-ring (bicyclic) bond motifs is 1. The molecule has 0 unspecified atom stereocenters. The fraction of sp³-hybridized carbons (Fsp3) is 0.212. The van der Waals surface area contributed by atoms with Gasteiger partial charge in [0, 0.05) is 17.7 Å². The second-order valence-corrected chi connectivity index (χ2v) is 10.7. The van der Waals surface area contributed by atoms with Gasteiger partial charge in [0.05, 0.1) is 33.3 Å². The highest BCUT2D eigenvalue weighted by Crippen LogP contribution is 2.39. The predicted octanol–water partition coefficient (Wildman–Crippen LogP) is 5.78. The third-order valence-corrected chi connectivity index (χ3v) is 7.95. The lowest BCUT2D eigenvalue weighted by molar-refractivity contribution is 0.214. The molecule has 45 heavy (non-hydrogen) atoms. The minimum absolute atomic E-state index is 0.00765. The maximum Gasteiger partial charge on any atom is 0.307 e. The Labute approximate surface area is 261 Å². The molecule has 5 aromatic rings. The number of rotatable bonds is 12. The molecule has 2 N–H and O–H groups in total. The smallest absolute Gasteiger partial charge is 0.307 e. The second kappa shape index (κ2) is 13.1. The largest absolute Gasteiger partial charge is 0.496 e. The van der Waals surface area contributed by atoms with Crippen LogP contribution in [-0.2, 0) is 0 Å². The first-order chi connectivity index (χ1) is 21.7. The van der Waals surface area contributed by atoms with E-state index in [1.807, 2.05) is 13.0 Å². The number of H-pyrrole nitrogens is 1. The van der Waals surface area contributed by atoms with Crippen LogP contribution in [0.15, 0.2) is 69.1 Å². The first kappa shape index (κ1) is 31.1. The minimum Gasteiger partial charge on any atom is -0.496 e. The van der Waals surface area contributed by atoms with Gasteiger partial charge in [0.2, 0.25) is 17.1 Å². The van der Waals surface area contributed by atoms with Crippen molar-refractivity contribution in [3.05, 3.63) is 91.0 Å². The van der Waals surface area contributed by atoms with Crippen LogP contribution in [0.3, 0.4) is 0 Å². The van der Waals surface area contributed by atoms with E-state index >= 15 is 0 Å². The van der Waals surface area contributed by atoms with Crippen molar-refractivity contribution < 1.29 is 37.9 Å². The summed E-state index contributed by atoms with van der Waals surface area (Å²) in [5, 5.41) is 10.2. The number of thiazole rings is 1. The molecule has 0 atom stereocenters. The van der Waals surface area contributed by atoms with Crippen LogP contribution in [0.5, 0.6) is 40.4 Å². The van der Waals surface area contributed by atoms with Crippen LogP contribution in [0.4, 0.5) is 0 Å². The van der Waals surface area contributed by atoms with Crippen LogP contribution in [-0.4, -0.2) is 51.7 Å². The van der Waals surface area contributed by atoms with E-state index in [0.29, 0.717) is 39.0 Å². The molecule has 0 fully saturated rings. The van der Waals surface area contributed by atoms with E-state index in [4.69, 9.17) is 32.8 Å². The van der Waals surface area contributed by atoms with Crippen LogP contribution in [0, 0.1) is 6.92 Å². The first-order valence-corrected chi connectivity index (χ1v) is 14.4. The number of aromatic amines is 1. The van der Waals surface area contributed by atoms with Crippen molar-refractivity contribution in [3.8, 4) is 51.7 Å². The number of methoxy groups -OCH3 is 4. The zero-order valence-electron chi connectivity index (χ0n) is 25.3. The number of nitrogens with one attached hydrogen (secondary N) is 1. The molecular weight excluding hydrogens is 602 g/mol. The molecule has 234 valence electrons. The average molecular weight is 634 g/mol. The molecule has 0 spiro atoms. The van der Waals surface area contributed by atoms with Gasteiger partial charge in [-0.15, -0.1) is 0 Å².